The molecule has 0 unspecified atom stereocenters. The van der Waals surface area contributed by atoms with Crippen molar-refractivity contribution in [2.24, 2.45) is 0 Å². The molecular weight excluding hydrogens is 376 g/mol. The Bertz CT molecular complexity index is 1070. The van der Waals surface area contributed by atoms with Gasteiger partial charge in [0.15, 0.2) is 5.76 Å². The maximum Gasteiger partial charge on any atom is 0.231 e. The number of rotatable bonds is 5. The number of hydrogen-bond donors (Lipinski definition) is 0. The zero-order valence-corrected chi connectivity index (χ0v) is 15.9. The minimum atomic E-state index is -0.158. The molecule has 1 aliphatic heterocycles. The topological polar surface area (TPSA) is 44.8 Å². The van der Waals surface area contributed by atoms with Crippen molar-refractivity contribution < 1.29 is 19.0 Å². The number of methoxy groups -OCH3 is 1. The highest BCUT2D eigenvalue weighted by Gasteiger charge is 2.27. The van der Waals surface area contributed by atoms with E-state index in [1.54, 1.807) is 43.5 Å². The van der Waals surface area contributed by atoms with E-state index in [9.17, 15) is 4.79 Å². The molecule has 0 saturated carbocycles. The van der Waals surface area contributed by atoms with Crippen molar-refractivity contribution >= 4 is 23.5 Å². The molecule has 0 bridgehead atoms. The second kappa shape index (κ2) is 7.79. The Morgan fingerprint density at radius 2 is 1.86 bits per heavy atom. The molecule has 0 amide bonds. The first-order chi connectivity index (χ1) is 13.6. The van der Waals surface area contributed by atoms with Gasteiger partial charge >= 0.3 is 0 Å². The van der Waals surface area contributed by atoms with Crippen LogP contribution in [0.2, 0.25) is 5.02 Å². The van der Waals surface area contributed by atoms with Crippen LogP contribution < -0.4 is 14.2 Å². The monoisotopic (exact) mass is 392 g/mol. The van der Waals surface area contributed by atoms with Gasteiger partial charge in [-0.1, -0.05) is 35.9 Å². The number of hydrogen-bond acceptors (Lipinski definition) is 4. The Labute approximate surface area is 167 Å². The molecule has 3 aromatic carbocycles. The maximum atomic E-state index is 12.6. The van der Waals surface area contributed by atoms with Crippen molar-refractivity contribution in [3.8, 4) is 17.2 Å². The first kappa shape index (κ1) is 18.1. The first-order valence-electron chi connectivity index (χ1n) is 8.72. The van der Waals surface area contributed by atoms with Crippen LogP contribution in [0.5, 0.6) is 17.2 Å². The van der Waals surface area contributed by atoms with Gasteiger partial charge in [0.05, 0.1) is 12.7 Å². The molecule has 0 saturated heterocycles. The van der Waals surface area contributed by atoms with E-state index in [4.69, 9.17) is 25.8 Å². The molecule has 1 heterocycles. The van der Waals surface area contributed by atoms with E-state index in [1.807, 2.05) is 36.4 Å². The molecule has 4 nitrogen and oxygen atoms in total. The van der Waals surface area contributed by atoms with E-state index in [0.717, 1.165) is 16.9 Å². The second-order valence-electron chi connectivity index (χ2n) is 6.29. The highest BCUT2D eigenvalue weighted by Crippen LogP contribution is 2.35. The molecule has 1 aliphatic rings. The molecule has 0 atom stereocenters. The van der Waals surface area contributed by atoms with Gasteiger partial charge in [-0.05, 0) is 53.6 Å². The van der Waals surface area contributed by atoms with Crippen LogP contribution in [0.1, 0.15) is 21.5 Å². The van der Waals surface area contributed by atoms with Crippen LogP contribution >= 0.6 is 11.6 Å². The number of carbonyl (C=O) groups excluding carboxylic acids is 1. The van der Waals surface area contributed by atoms with Crippen LogP contribution in [-0.2, 0) is 6.61 Å². The molecule has 0 aromatic heterocycles. The molecule has 4 rings (SSSR count). The predicted octanol–water partition coefficient (Wildman–Crippen LogP) is 5.54. The number of fused-ring (bicyclic) bond motifs is 1. The number of carbonyl (C=O) groups is 1. The molecule has 140 valence electrons. The highest BCUT2D eigenvalue weighted by atomic mass is 35.5. The minimum absolute atomic E-state index is 0.158. The molecular formula is C23H17ClO4. The number of ether oxygens (including phenoxy) is 3. The summed E-state index contributed by atoms with van der Waals surface area (Å²) in [5.41, 5.74) is 2.30. The summed E-state index contributed by atoms with van der Waals surface area (Å²) in [5, 5.41) is 0.602. The number of halogens is 1. The highest BCUT2D eigenvalue weighted by molar-refractivity contribution is 6.30. The zero-order valence-electron chi connectivity index (χ0n) is 15.1. The maximum absolute atomic E-state index is 12.6. The Morgan fingerprint density at radius 3 is 2.68 bits per heavy atom. The Hall–Kier alpha value is -3.24. The zero-order chi connectivity index (χ0) is 19.5. The third kappa shape index (κ3) is 3.87. The van der Waals surface area contributed by atoms with Gasteiger partial charge in [-0.3, -0.25) is 4.79 Å². The Balaban J connectivity index is 1.50. The quantitative estimate of drug-likeness (QED) is 0.534. The number of Topliss-reactive ketones (excluding diaryl/α,β-unsaturated/α-hetero) is 1. The number of benzene rings is 3. The van der Waals surface area contributed by atoms with Gasteiger partial charge < -0.3 is 14.2 Å². The van der Waals surface area contributed by atoms with Crippen molar-refractivity contribution in [2.75, 3.05) is 7.11 Å². The van der Waals surface area contributed by atoms with Gasteiger partial charge in [0.2, 0.25) is 5.78 Å². The summed E-state index contributed by atoms with van der Waals surface area (Å²) in [4.78, 5) is 12.6. The fourth-order valence-electron chi connectivity index (χ4n) is 2.93. The van der Waals surface area contributed by atoms with Gasteiger partial charge in [-0.15, -0.1) is 0 Å². The predicted molar refractivity (Wildman–Crippen MR) is 108 cm³/mol. The molecule has 0 radical (unpaired) electrons. The van der Waals surface area contributed by atoms with Gasteiger partial charge in [0.1, 0.15) is 23.9 Å². The smallest absolute Gasteiger partial charge is 0.231 e. The van der Waals surface area contributed by atoms with Gasteiger partial charge in [-0.25, -0.2) is 0 Å². The summed E-state index contributed by atoms with van der Waals surface area (Å²) >= 11 is 6.00. The summed E-state index contributed by atoms with van der Waals surface area (Å²) in [5.74, 6) is 2.00. The van der Waals surface area contributed by atoms with E-state index >= 15 is 0 Å². The van der Waals surface area contributed by atoms with Crippen LogP contribution in [0.4, 0.5) is 0 Å². The van der Waals surface area contributed by atoms with E-state index in [1.165, 1.54) is 0 Å². The Kier molecular flexibility index (Phi) is 5.04. The molecule has 0 fully saturated rings. The molecule has 0 N–H and O–H groups in total. The summed E-state index contributed by atoms with van der Waals surface area (Å²) in [6.45, 7) is 0.384. The van der Waals surface area contributed by atoms with Crippen molar-refractivity contribution in [3.63, 3.8) is 0 Å². The fourth-order valence-corrected chi connectivity index (χ4v) is 3.13. The van der Waals surface area contributed by atoms with E-state index < -0.39 is 0 Å². The normalized spacial score (nSPS) is 13.9. The number of ketones is 1. The lowest BCUT2D eigenvalue weighted by atomic mass is 10.1. The molecule has 5 heteroatoms. The standard InChI is InChI=1S/C23H17ClO4/c1-26-18-7-3-5-16(11-18)14-27-19-8-9-20-21(13-19)28-22(23(20)25)12-15-4-2-6-17(24)10-15/h2-13H,14H2,1H3. The van der Waals surface area contributed by atoms with Gasteiger partial charge in [-0.2, -0.15) is 0 Å². The summed E-state index contributed by atoms with van der Waals surface area (Å²) in [6.07, 6.45) is 1.69. The second-order valence-corrected chi connectivity index (χ2v) is 6.73. The first-order valence-corrected chi connectivity index (χ1v) is 9.10. The average molecular weight is 393 g/mol. The lowest BCUT2D eigenvalue weighted by Gasteiger charge is -2.08. The average Bonchev–Trinajstić information content (AvgIpc) is 3.01. The molecule has 28 heavy (non-hydrogen) atoms. The minimum Gasteiger partial charge on any atom is -0.497 e. The number of allylic oxidation sites excluding steroid dienone is 1. The molecule has 0 spiro atoms. The largest absolute Gasteiger partial charge is 0.497 e. The van der Waals surface area contributed by atoms with Crippen LogP contribution in [0, 0.1) is 0 Å². The van der Waals surface area contributed by atoms with Crippen molar-refractivity contribution in [3.05, 3.63) is 94.2 Å². The van der Waals surface area contributed by atoms with E-state index in [0.29, 0.717) is 28.7 Å². The van der Waals surface area contributed by atoms with Crippen LogP contribution in [0.15, 0.2) is 72.5 Å². The van der Waals surface area contributed by atoms with Gasteiger partial charge in [0, 0.05) is 11.1 Å². The van der Waals surface area contributed by atoms with Crippen LogP contribution in [0.3, 0.4) is 0 Å². The molecule has 0 aliphatic carbocycles. The SMILES string of the molecule is COc1cccc(COc2ccc3c(c2)OC(=Cc2cccc(Cl)c2)C3=O)c1. The lowest BCUT2D eigenvalue weighted by Crippen LogP contribution is -1.98. The van der Waals surface area contributed by atoms with E-state index in [-0.39, 0.29) is 11.5 Å². The van der Waals surface area contributed by atoms with Crippen LogP contribution in [0.25, 0.3) is 6.08 Å². The summed E-state index contributed by atoms with van der Waals surface area (Å²) in [6, 6.07) is 20.1. The third-order valence-electron chi connectivity index (χ3n) is 4.33. The van der Waals surface area contributed by atoms with Crippen molar-refractivity contribution in [2.45, 2.75) is 6.61 Å². The summed E-state index contributed by atoms with van der Waals surface area (Å²) in [7, 11) is 1.63. The summed E-state index contributed by atoms with van der Waals surface area (Å²) < 4.78 is 16.8. The third-order valence-corrected chi connectivity index (χ3v) is 4.56. The lowest BCUT2D eigenvalue weighted by molar-refractivity contribution is 0.101. The molecule has 3 aromatic rings. The van der Waals surface area contributed by atoms with Crippen molar-refractivity contribution in [1.29, 1.82) is 0 Å². The fraction of sp³-hybridized carbons (Fsp3) is 0.0870. The van der Waals surface area contributed by atoms with Gasteiger partial charge in [0.25, 0.3) is 0 Å². The van der Waals surface area contributed by atoms with E-state index in [2.05, 4.69) is 0 Å². The Morgan fingerprint density at radius 1 is 1.00 bits per heavy atom. The van der Waals surface area contributed by atoms with Crippen molar-refractivity contribution in [1.82, 2.24) is 0 Å². The van der Waals surface area contributed by atoms with Crippen LogP contribution in [-0.4, -0.2) is 12.9 Å².